The lowest BCUT2D eigenvalue weighted by Gasteiger charge is -2.38. The normalized spacial score (nSPS) is 19.9. The highest BCUT2D eigenvalue weighted by Gasteiger charge is 2.42. The molecule has 1 aromatic heterocycles. The number of rotatable bonds is 4. The number of ether oxygens (including phenoxy) is 1. The Bertz CT molecular complexity index is 923. The summed E-state index contributed by atoms with van der Waals surface area (Å²) in [7, 11) is 1.68. The van der Waals surface area contributed by atoms with Crippen molar-refractivity contribution in [1.29, 1.82) is 5.26 Å². The standard InChI is InChI=1S/C24H26F2N2O/c1-29-16-23(11-6-3-7-12-23)22-19(15-27)21(17-8-4-2-5-9-17)18-14-24(25,26)13-10-20(18)28-22/h2,4-5,8-9H,3,6-7,10-14,16H2,1H3. The van der Waals surface area contributed by atoms with Crippen molar-refractivity contribution in [2.75, 3.05) is 13.7 Å². The molecular formula is C24H26F2N2O. The average Bonchev–Trinajstić information content (AvgIpc) is 2.73. The summed E-state index contributed by atoms with van der Waals surface area (Å²) < 4.78 is 34.3. The van der Waals surface area contributed by atoms with E-state index in [9.17, 15) is 14.0 Å². The number of hydrogen-bond donors (Lipinski definition) is 0. The molecule has 4 rings (SSSR count). The van der Waals surface area contributed by atoms with Crippen molar-refractivity contribution in [3.8, 4) is 17.2 Å². The van der Waals surface area contributed by atoms with Crippen molar-refractivity contribution in [3.05, 3.63) is 52.8 Å². The van der Waals surface area contributed by atoms with Crippen molar-refractivity contribution in [3.63, 3.8) is 0 Å². The van der Waals surface area contributed by atoms with Crippen molar-refractivity contribution in [2.45, 2.75) is 62.7 Å². The first kappa shape index (κ1) is 20.0. The molecule has 0 N–H and O–H groups in total. The predicted molar refractivity (Wildman–Crippen MR) is 108 cm³/mol. The molecule has 5 heteroatoms. The fraction of sp³-hybridized carbons (Fsp3) is 0.500. The molecule has 1 heterocycles. The van der Waals surface area contributed by atoms with Crippen LogP contribution in [0.2, 0.25) is 0 Å². The summed E-state index contributed by atoms with van der Waals surface area (Å²) in [5, 5.41) is 10.2. The van der Waals surface area contributed by atoms with Crippen LogP contribution in [0.3, 0.4) is 0 Å². The molecule has 1 saturated carbocycles. The maximum absolute atomic E-state index is 14.3. The van der Waals surface area contributed by atoms with E-state index in [1.54, 1.807) is 7.11 Å². The summed E-state index contributed by atoms with van der Waals surface area (Å²) in [6.45, 7) is 0.498. The van der Waals surface area contributed by atoms with Crippen molar-refractivity contribution < 1.29 is 13.5 Å². The number of halogens is 2. The molecule has 0 aliphatic heterocycles. The zero-order valence-corrected chi connectivity index (χ0v) is 16.8. The molecule has 2 aliphatic rings. The number of benzene rings is 1. The van der Waals surface area contributed by atoms with Gasteiger partial charge in [0.25, 0.3) is 5.92 Å². The van der Waals surface area contributed by atoms with E-state index >= 15 is 0 Å². The van der Waals surface area contributed by atoms with Crippen molar-refractivity contribution >= 4 is 0 Å². The molecule has 1 fully saturated rings. The van der Waals surface area contributed by atoms with E-state index < -0.39 is 5.92 Å². The Balaban J connectivity index is 2.00. The number of nitrogens with zero attached hydrogens (tertiary/aromatic N) is 2. The van der Waals surface area contributed by atoms with Gasteiger partial charge >= 0.3 is 0 Å². The molecule has 0 bridgehead atoms. The third-order valence-corrected chi connectivity index (χ3v) is 6.45. The first-order valence-corrected chi connectivity index (χ1v) is 10.4. The van der Waals surface area contributed by atoms with Gasteiger partial charge in [-0.2, -0.15) is 5.26 Å². The maximum atomic E-state index is 14.3. The summed E-state index contributed by atoms with van der Waals surface area (Å²) in [6.07, 6.45) is 4.80. The van der Waals surface area contributed by atoms with Gasteiger partial charge in [0.15, 0.2) is 0 Å². The van der Waals surface area contributed by atoms with Crippen LogP contribution in [0, 0.1) is 11.3 Å². The van der Waals surface area contributed by atoms with Crippen LogP contribution in [-0.2, 0) is 23.0 Å². The van der Waals surface area contributed by atoms with E-state index in [0.717, 1.165) is 49.1 Å². The van der Waals surface area contributed by atoms with Gasteiger partial charge in [-0.25, -0.2) is 8.78 Å². The Kier molecular flexibility index (Phi) is 5.40. The number of fused-ring (bicyclic) bond motifs is 1. The lowest BCUT2D eigenvalue weighted by atomic mass is 9.69. The number of hydrogen-bond acceptors (Lipinski definition) is 3. The second-order valence-electron chi connectivity index (χ2n) is 8.42. The SMILES string of the molecule is COCC1(c2nc3c(c(-c4ccccc4)c2C#N)CC(F)(F)CC3)CCCCC1. The number of pyridine rings is 1. The van der Waals surface area contributed by atoms with E-state index in [-0.39, 0.29) is 24.7 Å². The topological polar surface area (TPSA) is 45.9 Å². The molecule has 1 aromatic carbocycles. The summed E-state index contributed by atoms with van der Waals surface area (Å²) in [5.41, 5.74) is 3.60. The minimum Gasteiger partial charge on any atom is -0.384 e. The number of nitriles is 1. The Morgan fingerprint density at radius 2 is 1.83 bits per heavy atom. The van der Waals surface area contributed by atoms with E-state index in [2.05, 4.69) is 6.07 Å². The van der Waals surface area contributed by atoms with Crippen LogP contribution in [-0.4, -0.2) is 24.6 Å². The molecule has 29 heavy (non-hydrogen) atoms. The minimum absolute atomic E-state index is 0.191. The quantitative estimate of drug-likeness (QED) is 0.676. The zero-order chi connectivity index (χ0) is 20.5. The van der Waals surface area contributed by atoms with Crippen LogP contribution >= 0.6 is 0 Å². The maximum Gasteiger partial charge on any atom is 0.252 e. The molecule has 2 aromatic rings. The Labute approximate surface area is 170 Å². The number of aromatic nitrogens is 1. The lowest BCUT2D eigenvalue weighted by Crippen LogP contribution is -2.37. The van der Waals surface area contributed by atoms with E-state index in [1.165, 1.54) is 0 Å². The fourth-order valence-corrected chi connectivity index (χ4v) is 5.09. The van der Waals surface area contributed by atoms with Gasteiger partial charge in [0, 0.05) is 36.6 Å². The monoisotopic (exact) mass is 396 g/mol. The molecule has 0 saturated heterocycles. The molecule has 152 valence electrons. The highest BCUT2D eigenvalue weighted by atomic mass is 19.3. The number of aryl methyl sites for hydroxylation is 1. The van der Waals surface area contributed by atoms with Crippen LogP contribution in [0.25, 0.3) is 11.1 Å². The molecule has 0 amide bonds. The molecule has 0 spiro atoms. The average molecular weight is 396 g/mol. The van der Waals surface area contributed by atoms with Gasteiger partial charge in [-0.1, -0.05) is 49.6 Å². The second-order valence-corrected chi connectivity index (χ2v) is 8.42. The summed E-state index contributed by atoms with van der Waals surface area (Å²) in [6, 6.07) is 11.8. The fourth-order valence-electron chi connectivity index (χ4n) is 5.09. The first-order chi connectivity index (χ1) is 14.0. The van der Waals surface area contributed by atoms with Gasteiger partial charge in [0.05, 0.1) is 17.9 Å². The van der Waals surface area contributed by atoms with Gasteiger partial charge in [0.2, 0.25) is 0 Å². The smallest absolute Gasteiger partial charge is 0.252 e. The van der Waals surface area contributed by atoms with Gasteiger partial charge < -0.3 is 4.74 Å². The van der Waals surface area contributed by atoms with Gasteiger partial charge in [-0.15, -0.1) is 0 Å². The van der Waals surface area contributed by atoms with Crippen LogP contribution in [0.15, 0.2) is 30.3 Å². The Morgan fingerprint density at radius 1 is 1.10 bits per heavy atom. The Morgan fingerprint density at radius 3 is 2.48 bits per heavy atom. The van der Waals surface area contributed by atoms with Crippen LogP contribution < -0.4 is 0 Å². The molecule has 2 aliphatic carbocycles. The third-order valence-electron chi connectivity index (χ3n) is 6.45. The number of methoxy groups -OCH3 is 1. The van der Waals surface area contributed by atoms with Crippen LogP contribution in [0.5, 0.6) is 0 Å². The van der Waals surface area contributed by atoms with Crippen molar-refractivity contribution in [2.24, 2.45) is 0 Å². The predicted octanol–water partition coefficient (Wildman–Crippen LogP) is 5.59. The largest absolute Gasteiger partial charge is 0.384 e. The van der Waals surface area contributed by atoms with Gasteiger partial charge in [-0.05, 0) is 30.4 Å². The van der Waals surface area contributed by atoms with E-state index in [1.807, 2.05) is 30.3 Å². The molecule has 0 unspecified atom stereocenters. The highest BCUT2D eigenvalue weighted by Crippen LogP contribution is 2.46. The van der Waals surface area contributed by atoms with E-state index in [4.69, 9.17) is 9.72 Å². The summed E-state index contributed by atoms with van der Waals surface area (Å²) >= 11 is 0. The third kappa shape index (κ3) is 3.67. The molecule has 3 nitrogen and oxygen atoms in total. The van der Waals surface area contributed by atoms with Gasteiger partial charge in [-0.3, -0.25) is 4.98 Å². The van der Waals surface area contributed by atoms with Crippen LogP contribution in [0.1, 0.15) is 61.0 Å². The zero-order valence-electron chi connectivity index (χ0n) is 16.8. The molecular weight excluding hydrogens is 370 g/mol. The van der Waals surface area contributed by atoms with E-state index in [0.29, 0.717) is 23.3 Å². The van der Waals surface area contributed by atoms with Crippen LogP contribution in [0.4, 0.5) is 8.78 Å². The Hall–Kier alpha value is -2.32. The van der Waals surface area contributed by atoms with Crippen molar-refractivity contribution in [1.82, 2.24) is 4.98 Å². The highest BCUT2D eigenvalue weighted by molar-refractivity contribution is 5.76. The molecule has 0 atom stereocenters. The second kappa shape index (κ2) is 7.84. The minimum atomic E-state index is -2.76. The van der Waals surface area contributed by atoms with Gasteiger partial charge in [0.1, 0.15) is 6.07 Å². The lowest BCUT2D eigenvalue weighted by molar-refractivity contribution is -0.0127. The first-order valence-electron chi connectivity index (χ1n) is 10.4. The number of alkyl halides is 2. The summed E-state index contributed by atoms with van der Waals surface area (Å²) in [5.74, 6) is -2.76. The molecule has 0 radical (unpaired) electrons. The summed E-state index contributed by atoms with van der Waals surface area (Å²) in [4.78, 5) is 4.91.